The van der Waals surface area contributed by atoms with Gasteiger partial charge in [-0.15, -0.1) is 0 Å². The normalized spacial score (nSPS) is 32.1. The minimum atomic E-state index is -0.571. The van der Waals surface area contributed by atoms with Crippen molar-refractivity contribution < 1.29 is 19.1 Å². The molecule has 3 amide bonds. The van der Waals surface area contributed by atoms with Gasteiger partial charge < -0.3 is 20.3 Å². The second kappa shape index (κ2) is 8.57. The molecule has 4 atom stereocenters. The van der Waals surface area contributed by atoms with Crippen molar-refractivity contribution in [1.29, 1.82) is 0 Å². The first-order valence-electron chi connectivity index (χ1n) is 11.8. The number of amides is 3. The van der Waals surface area contributed by atoms with Crippen LogP contribution in [0.15, 0.2) is 18.2 Å². The lowest BCUT2D eigenvalue weighted by Crippen LogP contribution is -2.68. The van der Waals surface area contributed by atoms with Crippen molar-refractivity contribution in [3.8, 4) is 0 Å². The molecule has 0 bridgehead atoms. The minimum absolute atomic E-state index is 0.121. The first-order valence-corrected chi connectivity index (χ1v) is 11.8. The molecule has 4 aliphatic rings. The zero-order valence-electron chi connectivity index (χ0n) is 18.6. The zero-order valence-corrected chi connectivity index (χ0v) is 18.6. The Morgan fingerprint density at radius 3 is 2.91 bits per heavy atom. The van der Waals surface area contributed by atoms with Gasteiger partial charge in [0.1, 0.15) is 6.04 Å². The maximum absolute atomic E-state index is 13.1. The van der Waals surface area contributed by atoms with Crippen LogP contribution in [0.4, 0.5) is 0 Å². The Bertz CT molecular complexity index is 927. The molecule has 5 rings (SSSR count). The van der Waals surface area contributed by atoms with E-state index in [1.165, 1.54) is 12.8 Å². The number of ether oxygens (including phenoxy) is 1. The Balaban J connectivity index is 1.24. The van der Waals surface area contributed by atoms with Crippen molar-refractivity contribution >= 4 is 17.7 Å². The highest BCUT2D eigenvalue weighted by Crippen LogP contribution is 2.48. The number of nitrogens with one attached hydrogen (secondary N) is 3. The molecule has 8 nitrogen and oxygen atoms in total. The number of hydrogen-bond acceptors (Lipinski definition) is 6. The molecule has 1 saturated carbocycles. The van der Waals surface area contributed by atoms with Crippen LogP contribution in [-0.2, 0) is 27.4 Å². The summed E-state index contributed by atoms with van der Waals surface area (Å²) < 4.78 is 6.03. The highest BCUT2D eigenvalue weighted by atomic mass is 16.5. The molecule has 2 saturated heterocycles. The molecule has 8 heteroatoms. The van der Waals surface area contributed by atoms with Gasteiger partial charge in [0, 0.05) is 49.7 Å². The van der Waals surface area contributed by atoms with E-state index in [-0.39, 0.29) is 29.6 Å². The maximum Gasteiger partial charge on any atom is 0.255 e. The maximum atomic E-state index is 13.1. The fourth-order valence-corrected chi connectivity index (χ4v) is 5.95. The van der Waals surface area contributed by atoms with E-state index in [2.05, 4.69) is 28.9 Å². The number of carbonyl (C=O) groups is 3. The fourth-order valence-electron chi connectivity index (χ4n) is 5.95. The van der Waals surface area contributed by atoms with E-state index in [0.717, 1.165) is 37.2 Å². The van der Waals surface area contributed by atoms with E-state index in [1.807, 2.05) is 12.1 Å². The van der Waals surface area contributed by atoms with Gasteiger partial charge in [-0.3, -0.25) is 19.7 Å². The second-order valence-electron chi connectivity index (χ2n) is 9.52. The molecule has 32 heavy (non-hydrogen) atoms. The number of rotatable bonds is 6. The van der Waals surface area contributed by atoms with Crippen molar-refractivity contribution in [3.63, 3.8) is 0 Å². The average Bonchev–Trinajstić information content (AvgIpc) is 3.12. The Hall–Kier alpha value is -2.29. The summed E-state index contributed by atoms with van der Waals surface area (Å²) in [4.78, 5) is 38.3. The number of imide groups is 1. The summed E-state index contributed by atoms with van der Waals surface area (Å²) in [6, 6.07) is 5.85. The molecular weight excluding hydrogens is 408 g/mol. The zero-order chi connectivity index (χ0) is 22.3. The number of benzene rings is 1. The monoisotopic (exact) mass is 440 g/mol. The summed E-state index contributed by atoms with van der Waals surface area (Å²) in [5.41, 5.74) is 2.84. The number of piperidine rings is 2. The van der Waals surface area contributed by atoms with Gasteiger partial charge in [0.2, 0.25) is 11.8 Å². The van der Waals surface area contributed by atoms with Crippen LogP contribution in [0.25, 0.3) is 0 Å². The van der Waals surface area contributed by atoms with E-state index >= 15 is 0 Å². The molecule has 3 fully saturated rings. The predicted molar refractivity (Wildman–Crippen MR) is 118 cm³/mol. The topological polar surface area (TPSA) is 99.8 Å². The molecule has 1 spiro atoms. The van der Waals surface area contributed by atoms with Gasteiger partial charge in [-0.25, -0.2) is 0 Å². The third-order valence-corrected chi connectivity index (χ3v) is 7.75. The van der Waals surface area contributed by atoms with Crippen LogP contribution in [0.5, 0.6) is 0 Å². The van der Waals surface area contributed by atoms with Crippen LogP contribution in [0.1, 0.15) is 60.5 Å². The number of nitrogens with zero attached hydrogens (tertiary/aromatic N) is 1. The molecule has 1 aliphatic carbocycles. The predicted octanol–water partition coefficient (Wildman–Crippen LogP) is 1.08. The Labute approximate surface area is 188 Å². The summed E-state index contributed by atoms with van der Waals surface area (Å²) >= 11 is 0. The summed E-state index contributed by atoms with van der Waals surface area (Å²) in [7, 11) is 0. The van der Waals surface area contributed by atoms with E-state index < -0.39 is 6.04 Å². The third kappa shape index (κ3) is 3.64. The third-order valence-electron chi connectivity index (χ3n) is 7.75. The van der Waals surface area contributed by atoms with Crippen LogP contribution >= 0.6 is 0 Å². The second-order valence-corrected chi connectivity index (χ2v) is 9.52. The van der Waals surface area contributed by atoms with E-state index in [1.54, 1.807) is 4.90 Å². The quantitative estimate of drug-likeness (QED) is 0.573. The van der Waals surface area contributed by atoms with Gasteiger partial charge in [0.05, 0.1) is 6.10 Å². The van der Waals surface area contributed by atoms with Crippen molar-refractivity contribution in [3.05, 3.63) is 34.9 Å². The van der Waals surface area contributed by atoms with Gasteiger partial charge in [-0.1, -0.05) is 12.1 Å². The number of fused-ring (bicyclic) bond motifs is 1. The van der Waals surface area contributed by atoms with E-state index in [9.17, 15) is 14.4 Å². The molecule has 172 valence electrons. The molecule has 3 heterocycles. The molecule has 3 N–H and O–H groups in total. The highest BCUT2D eigenvalue weighted by molar-refractivity contribution is 6.05. The molecule has 0 aromatic heterocycles. The van der Waals surface area contributed by atoms with Crippen molar-refractivity contribution in [2.24, 2.45) is 5.41 Å². The molecule has 0 radical (unpaired) electrons. The Morgan fingerprint density at radius 1 is 1.28 bits per heavy atom. The molecule has 4 unspecified atom stereocenters. The van der Waals surface area contributed by atoms with Crippen molar-refractivity contribution in [1.82, 2.24) is 20.9 Å². The first-order chi connectivity index (χ1) is 15.5. The van der Waals surface area contributed by atoms with Gasteiger partial charge in [-0.2, -0.15) is 0 Å². The fraction of sp³-hybridized carbons (Fsp3) is 0.625. The standard InChI is InChI=1S/C24H32N4O4/c1-2-32-20-11-19(24(20)8-3-9-25-14-24)26-12-15-4-5-16-13-28(23(31)17(16)10-15)18-6-7-21(29)27-22(18)30/h4-5,10,18-20,25-26H,2-3,6-9,11-14H2,1H3,(H,27,29,30). The van der Waals surface area contributed by atoms with E-state index in [0.29, 0.717) is 37.2 Å². The van der Waals surface area contributed by atoms with Gasteiger partial charge in [0.15, 0.2) is 0 Å². The van der Waals surface area contributed by atoms with Crippen LogP contribution in [-0.4, -0.2) is 60.5 Å². The molecule has 1 aromatic rings. The molecular formula is C24H32N4O4. The lowest BCUT2D eigenvalue weighted by Gasteiger charge is -2.57. The Kier molecular flexibility index (Phi) is 5.77. The smallest absolute Gasteiger partial charge is 0.255 e. The largest absolute Gasteiger partial charge is 0.378 e. The number of carbonyl (C=O) groups excluding carboxylic acids is 3. The first kappa shape index (κ1) is 21.6. The van der Waals surface area contributed by atoms with Crippen molar-refractivity contribution in [2.45, 2.75) is 70.3 Å². The summed E-state index contributed by atoms with van der Waals surface area (Å²) in [5.74, 6) is -0.758. The van der Waals surface area contributed by atoms with Crippen LogP contribution in [0, 0.1) is 5.41 Å². The summed E-state index contributed by atoms with van der Waals surface area (Å²) in [6.45, 7) is 5.98. The summed E-state index contributed by atoms with van der Waals surface area (Å²) in [5, 5.41) is 9.64. The van der Waals surface area contributed by atoms with Gasteiger partial charge in [0.25, 0.3) is 5.91 Å². The van der Waals surface area contributed by atoms with Crippen LogP contribution < -0.4 is 16.0 Å². The van der Waals surface area contributed by atoms with Crippen LogP contribution in [0.3, 0.4) is 0 Å². The SMILES string of the molecule is CCOC1CC(NCc2ccc3c(c2)C(=O)N(C2CCC(=O)NC2=O)C3)C12CCCNC2. The van der Waals surface area contributed by atoms with Crippen molar-refractivity contribution in [2.75, 3.05) is 19.7 Å². The minimum Gasteiger partial charge on any atom is -0.378 e. The van der Waals surface area contributed by atoms with Gasteiger partial charge >= 0.3 is 0 Å². The van der Waals surface area contributed by atoms with E-state index in [4.69, 9.17) is 4.74 Å². The lowest BCUT2D eigenvalue weighted by molar-refractivity contribution is -0.143. The van der Waals surface area contributed by atoms with Gasteiger partial charge in [-0.05, 0) is 56.3 Å². The lowest BCUT2D eigenvalue weighted by atomic mass is 9.58. The number of hydrogen-bond donors (Lipinski definition) is 3. The summed E-state index contributed by atoms with van der Waals surface area (Å²) in [6.07, 6.45) is 4.32. The van der Waals surface area contributed by atoms with Crippen LogP contribution in [0.2, 0.25) is 0 Å². The highest BCUT2D eigenvalue weighted by Gasteiger charge is 2.55. The molecule has 1 aromatic carbocycles. The average molecular weight is 441 g/mol. The Morgan fingerprint density at radius 2 is 2.16 bits per heavy atom. The molecule has 3 aliphatic heterocycles.